The monoisotopic (exact) mass is 381 g/mol. The molecule has 4 heteroatoms. The van der Waals surface area contributed by atoms with Crippen molar-refractivity contribution in [1.82, 2.24) is 9.80 Å². The number of hydrogen-bond donors (Lipinski definition) is 0. The summed E-state index contributed by atoms with van der Waals surface area (Å²) in [5, 5.41) is 0. The molecule has 2 amide bonds. The lowest BCUT2D eigenvalue weighted by Crippen LogP contribution is -2.47. The first-order chi connectivity index (χ1) is 13.5. The van der Waals surface area contributed by atoms with Gasteiger partial charge in [-0.05, 0) is 81.5 Å². The predicted octanol–water partition coefficient (Wildman–Crippen LogP) is 4.80. The van der Waals surface area contributed by atoms with Gasteiger partial charge in [-0.2, -0.15) is 0 Å². The van der Waals surface area contributed by atoms with Crippen molar-refractivity contribution >= 4 is 11.7 Å². The van der Waals surface area contributed by atoms with E-state index in [-0.39, 0.29) is 11.4 Å². The second-order valence-electron chi connectivity index (χ2n) is 9.27. The van der Waals surface area contributed by atoms with E-state index in [9.17, 15) is 4.79 Å². The molecule has 4 nitrogen and oxygen atoms in total. The Balaban J connectivity index is 1.57. The predicted molar refractivity (Wildman–Crippen MR) is 116 cm³/mol. The summed E-state index contributed by atoms with van der Waals surface area (Å²) in [7, 11) is 3.70. The minimum absolute atomic E-state index is 0.0997. The summed E-state index contributed by atoms with van der Waals surface area (Å²) in [5.41, 5.74) is 4.20. The Bertz CT molecular complexity index is 733. The van der Waals surface area contributed by atoms with Gasteiger partial charge in [-0.25, -0.2) is 4.79 Å². The van der Waals surface area contributed by atoms with Gasteiger partial charge in [0.15, 0.2) is 0 Å². The summed E-state index contributed by atoms with van der Waals surface area (Å²) < 4.78 is 0. The molecule has 4 rings (SSSR count). The quantitative estimate of drug-likeness (QED) is 0.653. The van der Waals surface area contributed by atoms with Crippen LogP contribution in [0.25, 0.3) is 0 Å². The normalized spacial score (nSPS) is 25.3. The van der Waals surface area contributed by atoms with Crippen molar-refractivity contribution in [3.05, 3.63) is 42.0 Å². The van der Waals surface area contributed by atoms with Crippen LogP contribution in [-0.4, -0.2) is 55.6 Å². The number of benzene rings is 1. The van der Waals surface area contributed by atoms with Crippen LogP contribution in [0.15, 0.2) is 36.4 Å². The van der Waals surface area contributed by atoms with Crippen molar-refractivity contribution in [3.8, 4) is 0 Å². The lowest BCUT2D eigenvalue weighted by Gasteiger charge is -2.46. The number of anilines is 1. The molecule has 1 saturated heterocycles. The molecule has 1 aliphatic carbocycles. The number of para-hydroxylation sites is 1. The molecule has 0 aromatic heterocycles. The Morgan fingerprint density at radius 1 is 1.11 bits per heavy atom. The molecule has 1 atom stereocenters. The SMILES string of the molecule is C=C1CCCC(N2CCC3(CCCN(C(=O)N(C)C)c4ccccc43)CC2)C1. The van der Waals surface area contributed by atoms with E-state index in [1.54, 1.807) is 4.90 Å². The smallest absolute Gasteiger partial charge is 0.323 e. The van der Waals surface area contributed by atoms with Gasteiger partial charge in [0.1, 0.15) is 0 Å². The first-order valence-corrected chi connectivity index (χ1v) is 11.0. The molecular formula is C24H35N3O. The highest BCUT2D eigenvalue weighted by atomic mass is 16.2. The Kier molecular flexibility index (Phi) is 5.50. The summed E-state index contributed by atoms with van der Waals surface area (Å²) in [4.78, 5) is 19.2. The molecule has 2 fully saturated rings. The molecular weight excluding hydrogens is 346 g/mol. The second-order valence-corrected chi connectivity index (χ2v) is 9.27. The number of rotatable bonds is 1. The van der Waals surface area contributed by atoms with Crippen molar-refractivity contribution in [1.29, 1.82) is 0 Å². The number of likely N-dealkylation sites (tertiary alicyclic amines) is 1. The minimum Gasteiger partial charge on any atom is -0.330 e. The molecule has 1 spiro atoms. The molecule has 1 aromatic rings. The molecule has 2 aliphatic heterocycles. The van der Waals surface area contributed by atoms with E-state index in [0.29, 0.717) is 6.04 Å². The van der Waals surface area contributed by atoms with Gasteiger partial charge in [0.05, 0.1) is 0 Å². The fraction of sp³-hybridized carbons (Fsp3) is 0.625. The third kappa shape index (κ3) is 3.59. The van der Waals surface area contributed by atoms with Crippen LogP contribution < -0.4 is 4.90 Å². The van der Waals surface area contributed by atoms with Crippen molar-refractivity contribution in [2.45, 2.75) is 62.8 Å². The van der Waals surface area contributed by atoms with Crippen LogP contribution in [0.4, 0.5) is 10.5 Å². The van der Waals surface area contributed by atoms with Crippen LogP contribution in [0.1, 0.15) is 56.9 Å². The van der Waals surface area contributed by atoms with Crippen LogP contribution in [0, 0.1) is 0 Å². The third-order valence-corrected chi connectivity index (χ3v) is 7.28. The Morgan fingerprint density at radius 3 is 2.57 bits per heavy atom. The Labute approximate surface area is 170 Å². The summed E-state index contributed by atoms with van der Waals surface area (Å²) in [6, 6.07) is 9.47. The number of hydrogen-bond acceptors (Lipinski definition) is 2. The zero-order valence-electron chi connectivity index (χ0n) is 17.6. The van der Waals surface area contributed by atoms with Gasteiger partial charge in [0.2, 0.25) is 0 Å². The van der Waals surface area contributed by atoms with Gasteiger partial charge in [-0.3, -0.25) is 4.90 Å². The maximum Gasteiger partial charge on any atom is 0.323 e. The summed E-state index contributed by atoms with van der Waals surface area (Å²) in [5.74, 6) is 0. The minimum atomic E-state index is 0.0997. The largest absolute Gasteiger partial charge is 0.330 e. The maximum absolute atomic E-state index is 12.8. The Morgan fingerprint density at radius 2 is 1.86 bits per heavy atom. The van der Waals surface area contributed by atoms with Crippen LogP contribution in [0.5, 0.6) is 0 Å². The molecule has 0 N–H and O–H groups in total. The number of carbonyl (C=O) groups is 1. The van der Waals surface area contributed by atoms with Crippen LogP contribution in [-0.2, 0) is 5.41 Å². The number of fused-ring (bicyclic) bond motifs is 2. The highest BCUT2D eigenvalue weighted by Gasteiger charge is 2.42. The number of nitrogens with zero attached hydrogens (tertiary/aromatic N) is 3. The van der Waals surface area contributed by atoms with Gasteiger partial charge in [-0.1, -0.05) is 30.4 Å². The molecule has 1 saturated carbocycles. The first kappa shape index (κ1) is 19.5. The summed E-state index contributed by atoms with van der Waals surface area (Å²) in [6.07, 6.45) is 9.71. The van der Waals surface area contributed by atoms with Crippen molar-refractivity contribution in [3.63, 3.8) is 0 Å². The van der Waals surface area contributed by atoms with Gasteiger partial charge >= 0.3 is 6.03 Å². The zero-order chi connectivity index (χ0) is 19.7. The van der Waals surface area contributed by atoms with Crippen LogP contribution in [0.2, 0.25) is 0 Å². The maximum atomic E-state index is 12.8. The van der Waals surface area contributed by atoms with E-state index in [2.05, 4.69) is 35.7 Å². The third-order valence-electron chi connectivity index (χ3n) is 7.28. The molecule has 0 radical (unpaired) electrons. The topological polar surface area (TPSA) is 26.8 Å². The summed E-state index contributed by atoms with van der Waals surface area (Å²) in [6.45, 7) is 7.43. The highest BCUT2D eigenvalue weighted by molar-refractivity contribution is 5.93. The zero-order valence-corrected chi connectivity index (χ0v) is 17.6. The van der Waals surface area contributed by atoms with Gasteiger partial charge in [0.25, 0.3) is 0 Å². The lowest BCUT2D eigenvalue weighted by molar-refractivity contribution is 0.0979. The molecule has 0 bridgehead atoms. The molecule has 28 heavy (non-hydrogen) atoms. The van der Waals surface area contributed by atoms with Gasteiger partial charge in [-0.15, -0.1) is 0 Å². The van der Waals surface area contributed by atoms with Crippen molar-refractivity contribution < 1.29 is 4.79 Å². The van der Waals surface area contributed by atoms with E-state index in [4.69, 9.17) is 0 Å². The molecule has 2 heterocycles. The fourth-order valence-corrected chi connectivity index (χ4v) is 5.70. The first-order valence-electron chi connectivity index (χ1n) is 11.0. The highest BCUT2D eigenvalue weighted by Crippen LogP contribution is 2.46. The van der Waals surface area contributed by atoms with E-state index < -0.39 is 0 Å². The van der Waals surface area contributed by atoms with Crippen LogP contribution in [0.3, 0.4) is 0 Å². The van der Waals surface area contributed by atoms with E-state index >= 15 is 0 Å². The summed E-state index contributed by atoms with van der Waals surface area (Å²) >= 11 is 0. The molecule has 152 valence electrons. The number of carbonyl (C=O) groups excluding carboxylic acids is 1. The standard InChI is InChI=1S/C24H35N3O/c1-19-8-6-9-20(18-19)26-16-13-24(14-17-26)12-7-15-27(23(28)25(2)3)22-11-5-4-10-21(22)24/h4-5,10-11,20H,1,6-9,12-18H2,2-3H3. The lowest BCUT2D eigenvalue weighted by atomic mass is 9.69. The fourth-order valence-electron chi connectivity index (χ4n) is 5.70. The van der Waals surface area contributed by atoms with Crippen molar-refractivity contribution in [2.24, 2.45) is 0 Å². The van der Waals surface area contributed by atoms with E-state index in [1.165, 1.54) is 69.2 Å². The number of piperidine rings is 1. The van der Waals surface area contributed by atoms with Gasteiger partial charge < -0.3 is 9.80 Å². The van der Waals surface area contributed by atoms with Crippen LogP contribution >= 0.6 is 0 Å². The Hall–Kier alpha value is -1.81. The molecule has 3 aliphatic rings. The van der Waals surface area contributed by atoms with E-state index in [0.717, 1.165) is 18.7 Å². The molecule has 1 unspecified atom stereocenters. The second kappa shape index (κ2) is 7.90. The number of urea groups is 1. The average molecular weight is 382 g/mol. The van der Waals surface area contributed by atoms with Crippen molar-refractivity contribution in [2.75, 3.05) is 38.6 Å². The van der Waals surface area contributed by atoms with Gasteiger partial charge in [0, 0.05) is 32.4 Å². The van der Waals surface area contributed by atoms with E-state index in [1.807, 2.05) is 19.0 Å². The average Bonchev–Trinajstić information content (AvgIpc) is 2.86. The number of amides is 2. The molecule has 1 aromatic carbocycles.